The predicted molar refractivity (Wildman–Crippen MR) is 89.6 cm³/mol. The Morgan fingerprint density at radius 3 is 2.29 bits per heavy atom. The molecule has 0 amide bonds. The van der Waals surface area contributed by atoms with Crippen LogP contribution in [0.2, 0.25) is 0 Å². The Morgan fingerprint density at radius 1 is 1.00 bits per heavy atom. The average molecular weight is 284 g/mol. The second-order valence-corrected chi connectivity index (χ2v) is 5.75. The van der Waals surface area contributed by atoms with Crippen molar-refractivity contribution in [1.29, 1.82) is 0 Å². The molecule has 1 atom stereocenters. The molecule has 0 aliphatic heterocycles. The van der Waals surface area contributed by atoms with Gasteiger partial charge in [0.15, 0.2) is 5.82 Å². The summed E-state index contributed by atoms with van der Waals surface area (Å²) in [6, 6.07) is 12.4. The Labute approximate surface area is 127 Å². The lowest BCUT2D eigenvalue weighted by atomic mass is 10.1. The number of rotatable bonds is 6. The summed E-state index contributed by atoms with van der Waals surface area (Å²) < 4.78 is 0. The number of benzene rings is 1. The summed E-state index contributed by atoms with van der Waals surface area (Å²) in [5.74, 6) is 3.08. The number of aromatic nitrogens is 2. The normalized spacial score (nSPS) is 12.2. The predicted octanol–water partition coefficient (Wildman–Crippen LogP) is 4.03. The molecule has 112 valence electrons. The van der Waals surface area contributed by atoms with Gasteiger partial charge in [0.25, 0.3) is 0 Å². The van der Waals surface area contributed by atoms with Gasteiger partial charge < -0.3 is 10.6 Å². The Balaban J connectivity index is 2.26. The zero-order valence-corrected chi connectivity index (χ0v) is 13.2. The molecule has 0 saturated heterocycles. The van der Waals surface area contributed by atoms with E-state index in [1.807, 2.05) is 43.4 Å². The highest BCUT2D eigenvalue weighted by atomic mass is 15.1. The first-order chi connectivity index (χ1) is 10.1. The molecule has 1 aromatic heterocycles. The van der Waals surface area contributed by atoms with Gasteiger partial charge in [0.2, 0.25) is 0 Å². The van der Waals surface area contributed by atoms with Crippen LogP contribution in [0.5, 0.6) is 0 Å². The van der Waals surface area contributed by atoms with E-state index in [1.54, 1.807) is 0 Å². The fourth-order valence-corrected chi connectivity index (χ4v) is 2.38. The van der Waals surface area contributed by atoms with E-state index < -0.39 is 0 Å². The number of anilines is 2. The quantitative estimate of drug-likeness (QED) is 0.840. The molecule has 0 aliphatic carbocycles. The first-order valence-corrected chi connectivity index (χ1v) is 7.47. The summed E-state index contributed by atoms with van der Waals surface area (Å²) in [6.45, 7) is 6.64. The van der Waals surface area contributed by atoms with Crippen molar-refractivity contribution < 1.29 is 0 Å². The molecule has 0 radical (unpaired) electrons. The summed E-state index contributed by atoms with van der Waals surface area (Å²) in [6.07, 6.45) is 1.11. The highest BCUT2D eigenvalue weighted by Crippen LogP contribution is 2.21. The molecule has 1 heterocycles. The fraction of sp³-hybridized carbons (Fsp3) is 0.412. The average Bonchev–Trinajstić information content (AvgIpc) is 2.46. The lowest BCUT2D eigenvalue weighted by molar-refractivity contribution is 0.539. The van der Waals surface area contributed by atoms with Gasteiger partial charge in [-0.1, -0.05) is 44.2 Å². The first-order valence-electron chi connectivity index (χ1n) is 7.47. The van der Waals surface area contributed by atoms with Crippen molar-refractivity contribution in [3.8, 4) is 11.4 Å². The van der Waals surface area contributed by atoms with Crippen molar-refractivity contribution in [2.24, 2.45) is 5.92 Å². The first kappa shape index (κ1) is 15.3. The van der Waals surface area contributed by atoms with Gasteiger partial charge in [-0.25, -0.2) is 9.97 Å². The SMILES string of the molecule is CNc1cc(NC(C)CC(C)C)nc(-c2ccccc2)n1. The molecule has 21 heavy (non-hydrogen) atoms. The monoisotopic (exact) mass is 284 g/mol. The second-order valence-electron chi connectivity index (χ2n) is 5.75. The molecule has 4 nitrogen and oxygen atoms in total. The van der Waals surface area contributed by atoms with Crippen LogP contribution >= 0.6 is 0 Å². The maximum absolute atomic E-state index is 4.64. The van der Waals surface area contributed by atoms with Gasteiger partial charge in [0.05, 0.1) is 0 Å². The highest BCUT2D eigenvalue weighted by molar-refractivity contribution is 5.61. The molecule has 2 aromatic rings. The molecule has 0 saturated carbocycles. The summed E-state index contributed by atoms with van der Waals surface area (Å²) in [5.41, 5.74) is 1.02. The minimum atomic E-state index is 0.383. The molecule has 2 N–H and O–H groups in total. The zero-order valence-electron chi connectivity index (χ0n) is 13.2. The molecule has 0 aliphatic rings. The molecule has 1 aromatic carbocycles. The van der Waals surface area contributed by atoms with E-state index in [0.29, 0.717) is 12.0 Å². The minimum absolute atomic E-state index is 0.383. The number of nitrogens with zero attached hydrogens (tertiary/aromatic N) is 2. The molecule has 1 unspecified atom stereocenters. The standard InChI is InChI=1S/C17H24N4/c1-12(2)10-13(3)19-16-11-15(18-4)20-17(21-16)14-8-6-5-7-9-14/h5-9,11-13H,10H2,1-4H3,(H2,18,19,20,21). The molecule has 0 spiro atoms. The Kier molecular flexibility index (Phi) is 5.14. The Morgan fingerprint density at radius 2 is 1.67 bits per heavy atom. The third-order valence-corrected chi connectivity index (χ3v) is 3.23. The van der Waals surface area contributed by atoms with E-state index in [2.05, 4.69) is 41.4 Å². The summed E-state index contributed by atoms with van der Waals surface area (Å²) in [5, 5.41) is 6.57. The van der Waals surface area contributed by atoms with Crippen LogP contribution in [0.1, 0.15) is 27.2 Å². The smallest absolute Gasteiger partial charge is 0.163 e. The van der Waals surface area contributed by atoms with E-state index in [1.165, 1.54) is 0 Å². The van der Waals surface area contributed by atoms with Crippen molar-refractivity contribution >= 4 is 11.6 Å². The molecule has 2 rings (SSSR count). The number of nitrogens with one attached hydrogen (secondary N) is 2. The lowest BCUT2D eigenvalue weighted by Gasteiger charge is -2.17. The molecule has 0 bridgehead atoms. The van der Waals surface area contributed by atoms with Crippen LogP contribution in [0.15, 0.2) is 36.4 Å². The lowest BCUT2D eigenvalue weighted by Crippen LogP contribution is -2.18. The number of hydrogen-bond acceptors (Lipinski definition) is 4. The summed E-state index contributed by atoms with van der Waals surface area (Å²) in [4.78, 5) is 9.16. The van der Waals surface area contributed by atoms with Gasteiger partial charge in [-0.05, 0) is 19.3 Å². The van der Waals surface area contributed by atoms with E-state index >= 15 is 0 Å². The van der Waals surface area contributed by atoms with Crippen LogP contribution in [0.3, 0.4) is 0 Å². The van der Waals surface area contributed by atoms with Gasteiger partial charge in [-0.3, -0.25) is 0 Å². The van der Waals surface area contributed by atoms with Gasteiger partial charge in [-0.15, -0.1) is 0 Å². The van der Waals surface area contributed by atoms with Gasteiger partial charge in [-0.2, -0.15) is 0 Å². The van der Waals surface area contributed by atoms with Crippen molar-refractivity contribution in [1.82, 2.24) is 9.97 Å². The van der Waals surface area contributed by atoms with Gasteiger partial charge in [0.1, 0.15) is 11.6 Å². The molecule has 4 heteroatoms. The zero-order chi connectivity index (χ0) is 15.2. The Hall–Kier alpha value is -2.10. The highest BCUT2D eigenvalue weighted by Gasteiger charge is 2.09. The van der Waals surface area contributed by atoms with E-state index in [0.717, 1.165) is 29.4 Å². The van der Waals surface area contributed by atoms with Crippen molar-refractivity contribution in [3.05, 3.63) is 36.4 Å². The third kappa shape index (κ3) is 4.45. The van der Waals surface area contributed by atoms with E-state index in [9.17, 15) is 0 Å². The van der Waals surface area contributed by atoms with Crippen LogP contribution in [0, 0.1) is 5.92 Å². The van der Waals surface area contributed by atoms with Gasteiger partial charge >= 0.3 is 0 Å². The third-order valence-electron chi connectivity index (χ3n) is 3.23. The minimum Gasteiger partial charge on any atom is -0.373 e. The second kappa shape index (κ2) is 7.07. The Bertz CT molecular complexity index is 566. The summed E-state index contributed by atoms with van der Waals surface area (Å²) >= 11 is 0. The van der Waals surface area contributed by atoms with Crippen molar-refractivity contribution in [2.75, 3.05) is 17.7 Å². The van der Waals surface area contributed by atoms with Crippen LogP contribution in [-0.4, -0.2) is 23.1 Å². The van der Waals surface area contributed by atoms with Crippen molar-refractivity contribution in [3.63, 3.8) is 0 Å². The number of hydrogen-bond donors (Lipinski definition) is 2. The largest absolute Gasteiger partial charge is 0.373 e. The van der Waals surface area contributed by atoms with Crippen LogP contribution in [0.4, 0.5) is 11.6 Å². The maximum atomic E-state index is 4.64. The van der Waals surface area contributed by atoms with Crippen LogP contribution in [-0.2, 0) is 0 Å². The summed E-state index contributed by atoms with van der Waals surface area (Å²) in [7, 11) is 1.87. The van der Waals surface area contributed by atoms with Crippen LogP contribution < -0.4 is 10.6 Å². The van der Waals surface area contributed by atoms with Crippen molar-refractivity contribution in [2.45, 2.75) is 33.2 Å². The fourth-order valence-electron chi connectivity index (χ4n) is 2.38. The molecular formula is C17H24N4. The maximum Gasteiger partial charge on any atom is 0.163 e. The molecule has 0 fully saturated rings. The van der Waals surface area contributed by atoms with E-state index in [-0.39, 0.29) is 0 Å². The molecular weight excluding hydrogens is 260 g/mol. The topological polar surface area (TPSA) is 49.8 Å². The van der Waals surface area contributed by atoms with Crippen LogP contribution in [0.25, 0.3) is 11.4 Å². The van der Waals surface area contributed by atoms with E-state index in [4.69, 9.17) is 0 Å². The van der Waals surface area contributed by atoms with Gasteiger partial charge in [0, 0.05) is 24.7 Å².